The average Bonchev–Trinajstić information content (AvgIpc) is 2.73. The van der Waals surface area contributed by atoms with Crippen molar-refractivity contribution in [2.75, 3.05) is 19.7 Å². The van der Waals surface area contributed by atoms with E-state index in [1.165, 1.54) is 0 Å². The molecule has 1 fully saturated rings. The van der Waals surface area contributed by atoms with Crippen LogP contribution >= 0.6 is 0 Å². The molecule has 1 amide bonds. The molecule has 0 aromatic carbocycles. The second-order valence-electron chi connectivity index (χ2n) is 6.07. The Hall–Kier alpha value is -1.03. The summed E-state index contributed by atoms with van der Waals surface area (Å²) in [5, 5.41) is 0. The molecule has 1 atom stereocenters. The molecular weight excluding hydrogens is 242 g/mol. The van der Waals surface area contributed by atoms with Crippen LogP contribution in [-0.2, 0) is 9.47 Å². The largest absolute Gasteiger partial charge is 0.444 e. The first kappa shape index (κ1) is 16.0. The summed E-state index contributed by atoms with van der Waals surface area (Å²) in [4.78, 5) is 13.8. The normalized spacial score (nSPS) is 24.2. The minimum Gasteiger partial charge on any atom is -0.444 e. The molecule has 0 bridgehead atoms. The van der Waals surface area contributed by atoms with Crippen LogP contribution in [0, 0.1) is 0 Å². The van der Waals surface area contributed by atoms with Gasteiger partial charge < -0.3 is 14.4 Å². The van der Waals surface area contributed by atoms with Crippen LogP contribution < -0.4 is 0 Å². The van der Waals surface area contributed by atoms with Gasteiger partial charge in [0, 0.05) is 6.54 Å². The van der Waals surface area contributed by atoms with Crippen molar-refractivity contribution in [2.45, 2.75) is 58.7 Å². The van der Waals surface area contributed by atoms with Crippen LogP contribution in [0.1, 0.15) is 47.5 Å². The van der Waals surface area contributed by atoms with Crippen LogP contribution in [0.3, 0.4) is 0 Å². The number of ether oxygens (including phenoxy) is 2. The summed E-state index contributed by atoms with van der Waals surface area (Å²) in [6, 6.07) is 0. The molecule has 1 heterocycles. The van der Waals surface area contributed by atoms with Crippen LogP contribution in [0.5, 0.6) is 0 Å². The number of likely N-dealkylation sites (tertiary alicyclic amines) is 1. The predicted molar refractivity (Wildman–Crippen MR) is 76.2 cm³/mol. The summed E-state index contributed by atoms with van der Waals surface area (Å²) in [5.74, 6) is 0. The summed E-state index contributed by atoms with van der Waals surface area (Å²) >= 11 is 0. The highest BCUT2D eigenvalue weighted by atomic mass is 16.6. The number of carbonyl (C=O) groups is 1. The van der Waals surface area contributed by atoms with Gasteiger partial charge >= 0.3 is 6.09 Å². The molecule has 0 aromatic heterocycles. The van der Waals surface area contributed by atoms with E-state index in [-0.39, 0.29) is 11.7 Å². The van der Waals surface area contributed by atoms with Crippen molar-refractivity contribution in [1.82, 2.24) is 4.90 Å². The first-order valence-electron chi connectivity index (χ1n) is 7.05. The number of amides is 1. The van der Waals surface area contributed by atoms with E-state index >= 15 is 0 Å². The highest BCUT2D eigenvalue weighted by molar-refractivity contribution is 5.68. The van der Waals surface area contributed by atoms with E-state index in [1.807, 2.05) is 39.8 Å². The lowest BCUT2D eigenvalue weighted by molar-refractivity contribution is -0.0292. The van der Waals surface area contributed by atoms with Gasteiger partial charge in [0.15, 0.2) is 0 Å². The van der Waals surface area contributed by atoms with Gasteiger partial charge in [0.2, 0.25) is 0 Å². The number of hydrogen-bond donors (Lipinski definition) is 0. The lowest BCUT2D eigenvalue weighted by atomic mass is 10.00. The molecule has 1 aliphatic heterocycles. The summed E-state index contributed by atoms with van der Waals surface area (Å²) in [6.45, 7) is 11.7. The van der Waals surface area contributed by atoms with Crippen molar-refractivity contribution in [3.05, 3.63) is 12.2 Å². The lowest BCUT2D eigenvalue weighted by Crippen LogP contribution is -2.40. The van der Waals surface area contributed by atoms with Crippen LogP contribution in [0.15, 0.2) is 12.2 Å². The van der Waals surface area contributed by atoms with Gasteiger partial charge in [-0.2, -0.15) is 0 Å². The number of hydrogen-bond acceptors (Lipinski definition) is 3. The first-order chi connectivity index (χ1) is 8.82. The van der Waals surface area contributed by atoms with Crippen molar-refractivity contribution in [2.24, 2.45) is 0 Å². The quantitative estimate of drug-likeness (QED) is 0.734. The lowest BCUT2D eigenvalue weighted by Gasteiger charge is -2.29. The van der Waals surface area contributed by atoms with Crippen molar-refractivity contribution in [1.29, 1.82) is 0 Å². The zero-order chi connectivity index (χ0) is 14.5. The van der Waals surface area contributed by atoms with E-state index in [0.29, 0.717) is 19.7 Å². The van der Waals surface area contributed by atoms with Gasteiger partial charge in [-0.3, -0.25) is 0 Å². The van der Waals surface area contributed by atoms with Crippen molar-refractivity contribution in [3.8, 4) is 0 Å². The minimum atomic E-state index is -0.444. The zero-order valence-electron chi connectivity index (χ0n) is 12.9. The van der Waals surface area contributed by atoms with Crippen molar-refractivity contribution < 1.29 is 14.3 Å². The van der Waals surface area contributed by atoms with Gasteiger partial charge in [-0.05, 0) is 40.5 Å². The molecule has 0 aromatic rings. The maximum Gasteiger partial charge on any atom is 0.410 e. The van der Waals surface area contributed by atoms with E-state index in [2.05, 4.69) is 6.92 Å². The molecule has 0 aliphatic carbocycles. The van der Waals surface area contributed by atoms with Gasteiger partial charge in [-0.15, -0.1) is 0 Å². The summed E-state index contributed by atoms with van der Waals surface area (Å²) in [5.41, 5.74) is -0.656. The summed E-state index contributed by atoms with van der Waals surface area (Å²) < 4.78 is 11.4. The molecule has 1 saturated heterocycles. The smallest absolute Gasteiger partial charge is 0.410 e. The number of allylic oxidation sites excluding steroid dienone is 1. The van der Waals surface area contributed by atoms with E-state index < -0.39 is 5.60 Å². The Kier molecular flexibility index (Phi) is 5.41. The van der Waals surface area contributed by atoms with Crippen LogP contribution in [0.4, 0.5) is 4.79 Å². The van der Waals surface area contributed by atoms with Crippen LogP contribution in [-0.4, -0.2) is 41.9 Å². The second kappa shape index (κ2) is 6.42. The highest BCUT2D eigenvalue weighted by Gasteiger charge is 2.40. The van der Waals surface area contributed by atoms with E-state index in [4.69, 9.17) is 9.47 Å². The first-order valence-corrected chi connectivity index (χ1v) is 7.05. The van der Waals surface area contributed by atoms with Gasteiger partial charge in [0.05, 0.1) is 18.8 Å². The second-order valence-corrected chi connectivity index (χ2v) is 6.07. The average molecular weight is 269 g/mol. The third-order valence-corrected chi connectivity index (χ3v) is 3.33. The van der Waals surface area contributed by atoms with Crippen molar-refractivity contribution in [3.63, 3.8) is 0 Å². The van der Waals surface area contributed by atoms with Gasteiger partial charge in [-0.1, -0.05) is 19.1 Å². The minimum absolute atomic E-state index is 0.212. The molecule has 4 nitrogen and oxygen atoms in total. The third kappa shape index (κ3) is 4.86. The molecule has 1 rings (SSSR count). The Balaban J connectivity index is 2.56. The molecule has 0 spiro atoms. The predicted octanol–water partition coefficient (Wildman–Crippen LogP) is 3.37. The van der Waals surface area contributed by atoms with E-state index in [9.17, 15) is 4.79 Å². The van der Waals surface area contributed by atoms with Crippen LogP contribution in [0.25, 0.3) is 0 Å². The Morgan fingerprint density at radius 1 is 1.42 bits per heavy atom. The molecule has 4 heteroatoms. The Morgan fingerprint density at radius 2 is 2.11 bits per heavy atom. The molecule has 110 valence electrons. The maximum atomic E-state index is 12.0. The Bertz CT molecular complexity index is 333. The number of nitrogens with zero attached hydrogens (tertiary/aromatic N) is 1. The fourth-order valence-corrected chi connectivity index (χ4v) is 2.16. The summed E-state index contributed by atoms with van der Waals surface area (Å²) in [6.07, 6.45) is 5.51. The molecule has 0 saturated carbocycles. The van der Waals surface area contributed by atoms with Gasteiger partial charge in [-0.25, -0.2) is 4.79 Å². The fourth-order valence-electron chi connectivity index (χ4n) is 2.16. The topological polar surface area (TPSA) is 38.8 Å². The number of rotatable bonds is 4. The van der Waals surface area contributed by atoms with Gasteiger partial charge in [0.25, 0.3) is 0 Å². The maximum absolute atomic E-state index is 12.0. The van der Waals surface area contributed by atoms with Crippen molar-refractivity contribution >= 4 is 6.09 Å². The summed E-state index contributed by atoms with van der Waals surface area (Å²) in [7, 11) is 0. The van der Waals surface area contributed by atoms with E-state index in [0.717, 1.165) is 12.8 Å². The zero-order valence-corrected chi connectivity index (χ0v) is 12.9. The molecule has 1 aliphatic rings. The SMILES string of the molecule is C/C=C/COC1(CC)CCN(C(=O)OC(C)(C)C)C1. The Morgan fingerprint density at radius 3 is 2.63 bits per heavy atom. The molecule has 19 heavy (non-hydrogen) atoms. The van der Waals surface area contributed by atoms with Gasteiger partial charge in [0.1, 0.15) is 5.60 Å². The van der Waals surface area contributed by atoms with Crippen LogP contribution in [0.2, 0.25) is 0 Å². The molecule has 0 radical (unpaired) electrons. The monoisotopic (exact) mass is 269 g/mol. The highest BCUT2D eigenvalue weighted by Crippen LogP contribution is 2.29. The molecule has 0 N–H and O–H groups in total. The Labute approximate surface area is 116 Å². The molecular formula is C15H27NO3. The number of carbonyl (C=O) groups excluding carboxylic acids is 1. The molecule has 1 unspecified atom stereocenters. The third-order valence-electron chi connectivity index (χ3n) is 3.33. The van der Waals surface area contributed by atoms with E-state index in [1.54, 1.807) is 4.90 Å². The fraction of sp³-hybridized carbons (Fsp3) is 0.800. The standard InChI is InChI=1S/C15H27NO3/c1-6-8-11-18-15(7-2)9-10-16(12-15)13(17)19-14(3,4)5/h6,8H,7,9-12H2,1-5H3/b8-6+.